The molecule has 20 heavy (non-hydrogen) atoms. The number of nitrogens with one attached hydrogen (secondary N) is 2. The highest BCUT2D eigenvalue weighted by Gasteiger charge is 2.12. The summed E-state index contributed by atoms with van der Waals surface area (Å²) in [5.41, 5.74) is 7.27. The average Bonchev–Trinajstić information content (AvgIpc) is 2.80. The molecule has 4 N–H and O–H groups in total. The molecule has 2 aromatic rings. The molecule has 1 atom stereocenters. The summed E-state index contributed by atoms with van der Waals surface area (Å²) in [6.07, 6.45) is 1.17. The molecule has 0 saturated carbocycles. The van der Waals surface area contributed by atoms with Crippen LogP contribution in [0.15, 0.2) is 24.3 Å². The van der Waals surface area contributed by atoms with Crippen LogP contribution in [-0.4, -0.2) is 22.4 Å². The zero-order valence-electron chi connectivity index (χ0n) is 11.3. The molecule has 1 unspecified atom stereocenters. The van der Waals surface area contributed by atoms with Crippen LogP contribution in [0.5, 0.6) is 0 Å². The van der Waals surface area contributed by atoms with Gasteiger partial charge in [0.05, 0.1) is 17.1 Å². The van der Waals surface area contributed by atoms with Crippen molar-refractivity contribution < 1.29 is 4.79 Å². The van der Waals surface area contributed by atoms with E-state index in [9.17, 15) is 4.79 Å². The van der Waals surface area contributed by atoms with Gasteiger partial charge >= 0.3 is 0 Å². The first-order valence-electron chi connectivity index (χ1n) is 6.15. The number of benzene rings is 1. The summed E-state index contributed by atoms with van der Waals surface area (Å²) in [7, 11) is 0. The highest BCUT2D eigenvalue weighted by Crippen LogP contribution is 2.15. The van der Waals surface area contributed by atoms with Crippen molar-refractivity contribution in [3.63, 3.8) is 0 Å². The molecule has 5 nitrogen and oxygen atoms in total. The van der Waals surface area contributed by atoms with E-state index in [4.69, 9.17) is 5.73 Å². The second-order valence-electron chi connectivity index (χ2n) is 4.32. The number of hydrogen-bond donors (Lipinski definition) is 3. The molecule has 1 aromatic carbocycles. The Balaban J connectivity index is 0.00000180. The number of rotatable bonds is 5. The Morgan fingerprint density at radius 3 is 2.75 bits per heavy atom. The van der Waals surface area contributed by atoms with E-state index in [-0.39, 0.29) is 36.8 Å². The number of para-hydroxylation sites is 2. The lowest BCUT2D eigenvalue weighted by Crippen LogP contribution is -2.27. The second kappa shape index (κ2) is 8.79. The van der Waals surface area contributed by atoms with Crippen molar-refractivity contribution in [2.75, 3.05) is 6.54 Å². The molecule has 1 aromatic heterocycles. The van der Waals surface area contributed by atoms with Crippen molar-refractivity contribution in [3.8, 4) is 0 Å². The molecule has 0 radical (unpaired) electrons. The van der Waals surface area contributed by atoms with Gasteiger partial charge in [0, 0.05) is 6.42 Å². The quantitative estimate of drug-likeness (QED) is 0.791. The number of carbonyl (C=O) groups is 1. The highest BCUT2D eigenvalue weighted by molar-refractivity contribution is 5.85. The summed E-state index contributed by atoms with van der Waals surface area (Å²) >= 11 is 0. The smallest absolute Gasteiger partial charge is 0.220 e. The zero-order valence-corrected chi connectivity index (χ0v) is 12.9. The fraction of sp³-hybridized carbons (Fsp3) is 0.385. The van der Waals surface area contributed by atoms with Gasteiger partial charge < -0.3 is 16.0 Å². The number of carbonyl (C=O) groups excluding carboxylic acids is 1. The number of fused-ring (bicyclic) bond motifs is 1. The summed E-state index contributed by atoms with van der Waals surface area (Å²) in [5.74, 6) is 0.783. The predicted molar refractivity (Wildman–Crippen MR) is 85.4 cm³/mol. The first-order chi connectivity index (χ1) is 8.70. The fourth-order valence-corrected chi connectivity index (χ4v) is 1.82. The summed E-state index contributed by atoms with van der Waals surface area (Å²) in [6, 6.07) is 7.68. The van der Waals surface area contributed by atoms with Gasteiger partial charge in [-0.2, -0.15) is 0 Å². The largest absolute Gasteiger partial charge is 0.346 e. The van der Waals surface area contributed by atoms with Crippen molar-refractivity contribution in [2.45, 2.75) is 25.8 Å². The summed E-state index contributed by atoms with van der Waals surface area (Å²) in [6.45, 7) is 2.45. The van der Waals surface area contributed by atoms with Crippen LogP contribution in [0.4, 0.5) is 0 Å². The maximum Gasteiger partial charge on any atom is 0.220 e. The first-order valence-corrected chi connectivity index (χ1v) is 6.15. The Morgan fingerprint density at radius 1 is 1.40 bits per heavy atom. The van der Waals surface area contributed by atoms with E-state index >= 15 is 0 Å². The lowest BCUT2D eigenvalue weighted by molar-refractivity contribution is -0.121. The van der Waals surface area contributed by atoms with Crippen LogP contribution >= 0.6 is 24.8 Å². The second-order valence-corrected chi connectivity index (χ2v) is 4.32. The van der Waals surface area contributed by atoms with Gasteiger partial charge in [0.1, 0.15) is 5.82 Å². The van der Waals surface area contributed by atoms with Gasteiger partial charge in [-0.05, 0) is 32.0 Å². The summed E-state index contributed by atoms with van der Waals surface area (Å²) in [5, 5.41) is 2.90. The van der Waals surface area contributed by atoms with Crippen LogP contribution in [0.2, 0.25) is 0 Å². The van der Waals surface area contributed by atoms with E-state index in [1.54, 1.807) is 0 Å². The minimum atomic E-state index is -0.123. The number of amides is 1. The molecule has 1 heterocycles. The Morgan fingerprint density at radius 2 is 2.10 bits per heavy atom. The van der Waals surface area contributed by atoms with Gasteiger partial charge in [-0.15, -0.1) is 24.8 Å². The fourth-order valence-electron chi connectivity index (χ4n) is 1.82. The highest BCUT2D eigenvalue weighted by atomic mass is 35.5. The summed E-state index contributed by atoms with van der Waals surface area (Å²) in [4.78, 5) is 19.2. The van der Waals surface area contributed by atoms with E-state index in [1.807, 2.05) is 31.2 Å². The number of halogens is 2. The van der Waals surface area contributed by atoms with Crippen molar-refractivity contribution in [3.05, 3.63) is 30.1 Å². The number of aromatic amines is 1. The average molecular weight is 319 g/mol. The van der Waals surface area contributed by atoms with Gasteiger partial charge in [-0.25, -0.2) is 4.98 Å². The van der Waals surface area contributed by atoms with E-state index in [0.717, 1.165) is 16.9 Å². The first kappa shape index (κ1) is 18.7. The van der Waals surface area contributed by atoms with Crippen molar-refractivity contribution in [1.29, 1.82) is 0 Å². The lowest BCUT2D eigenvalue weighted by atomic mass is 10.2. The molecule has 0 bridgehead atoms. The molecule has 0 spiro atoms. The van der Waals surface area contributed by atoms with Crippen molar-refractivity contribution in [2.24, 2.45) is 5.73 Å². The molecule has 7 heteroatoms. The van der Waals surface area contributed by atoms with Gasteiger partial charge in [-0.1, -0.05) is 12.1 Å². The number of imidazole rings is 1. The third-order valence-corrected chi connectivity index (χ3v) is 2.80. The molecule has 0 aliphatic rings. The maximum atomic E-state index is 11.6. The molecule has 2 rings (SSSR count). The monoisotopic (exact) mass is 318 g/mol. The van der Waals surface area contributed by atoms with Gasteiger partial charge in [0.25, 0.3) is 0 Å². The molecule has 0 aliphatic heterocycles. The van der Waals surface area contributed by atoms with E-state index in [2.05, 4.69) is 15.3 Å². The Bertz CT molecular complexity index is 511. The van der Waals surface area contributed by atoms with Crippen LogP contribution < -0.4 is 11.1 Å². The molecular weight excluding hydrogens is 299 g/mol. The van der Waals surface area contributed by atoms with Crippen LogP contribution in [0.1, 0.15) is 31.6 Å². The van der Waals surface area contributed by atoms with Crippen LogP contribution in [-0.2, 0) is 4.79 Å². The number of nitrogens with zero attached hydrogens (tertiary/aromatic N) is 1. The molecule has 1 amide bonds. The molecule has 0 aliphatic carbocycles. The molecule has 112 valence electrons. The standard InChI is InChI=1S/C13H18N4O.2ClH/c1-9(15-12(18)7-4-8-14)13-16-10-5-2-3-6-11(10)17-13;;/h2-3,5-6,9H,4,7-8,14H2,1H3,(H,15,18)(H,16,17);2*1H. The number of aromatic nitrogens is 2. The topological polar surface area (TPSA) is 83.8 Å². The Hall–Kier alpha value is -1.30. The van der Waals surface area contributed by atoms with E-state index in [1.165, 1.54) is 0 Å². The van der Waals surface area contributed by atoms with Crippen LogP contribution in [0.25, 0.3) is 11.0 Å². The number of H-pyrrole nitrogens is 1. The van der Waals surface area contributed by atoms with E-state index < -0.39 is 0 Å². The third kappa shape index (κ3) is 4.67. The minimum absolute atomic E-state index is 0. The van der Waals surface area contributed by atoms with Gasteiger partial charge in [0.2, 0.25) is 5.91 Å². The van der Waals surface area contributed by atoms with Crippen molar-refractivity contribution >= 4 is 41.8 Å². The molecular formula is C13H20Cl2N4O. The summed E-state index contributed by atoms with van der Waals surface area (Å²) < 4.78 is 0. The van der Waals surface area contributed by atoms with E-state index in [0.29, 0.717) is 19.4 Å². The zero-order chi connectivity index (χ0) is 13.0. The van der Waals surface area contributed by atoms with Crippen LogP contribution in [0, 0.1) is 0 Å². The lowest BCUT2D eigenvalue weighted by Gasteiger charge is -2.10. The molecule has 0 fully saturated rings. The van der Waals surface area contributed by atoms with Gasteiger partial charge in [-0.3, -0.25) is 4.79 Å². The Kier molecular flexibility index (Phi) is 8.22. The number of nitrogens with two attached hydrogens (primary N) is 1. The Labute approximate surface area is 130 Å². The number of hydrogen-bond acceptors (Lipinski definition) is 3. The van der Waals surface area contributed by atoms with Crippen LogP contribution in [0.3, 0.4) is 0 Å². The van der Waals surface area contributed by atoms with Gasteiger partial charge in [0.15, 0.2) is 0 Å². The molecule has 0 saturated heterocycles. The maximum absolute atomic E-state index is 11.6. The minimum Gasteiger partial charge on any atom is -0.346 e. The predicted octanol–water partition coefficient (Wildman–Crippen LogP) is 2.32. The SMILES string of the molecule is CC(NC(=O)CCCN)c1nc2ccccc2[nH]1.Cl.Cl. The van der Waals surface area contributed by atoms with Crippen molar-refractivity contribution in [1.82, 2.24) is 15.3 Å². The normalized spacial score (nSPS) is 11.3. The third-order valence-electron chi connectivity index (χ3n) is 2.80.